The Morgan fingerprint density at radius 3 is 2.52 bits per heavy atom. The zero-order valence-corrected chi connectivity index (χ0v) is 15.1. The second-order valence-corrected chi connectivity index (χ2v) is 6.61. The first-order valence-corrected chi connectivity index (χ1v) is 8.76. The second-order valence-electron chi connectivity index (χ2n) is 5.60. The average Bonchev–Trinajstić information content (AvgIpc) is 2.62. The van der Waals surface area contributed by atoms with Crippen LogP contribution in [0.1, 0.15) is 11.4 Å². The zero-order valence-electron chi connectivity index (χ0n) is 14.3. The van der Waals surface area contributed by atoms with Gasteiger partial charge in [0.1, 0.15) is 16.2 Å². The van der Waals surface area contributed by atoms with Gasteiger partial charge in [-0.05, 0) is 12.5 Å². The fourth-order valence-electron chi connectivity index (χ4n) is 2.51. The van der Waals surface area contributed by atoms with Gasteiger partial charge in [-0.1, -0.05) is 42.5 Å². The minimum Gasteiger partial charge on any atom is -0.280 e. The molecule has 0 saturated carbocycles. The molecule has 0 unspecified atom stereocenters. The molecule has 128 valence electrons. The number of thioether (sulfide) groups is 1. The van der Waals surface area contributed by atoms with E-state index in [-0.39, 0.29) is 5.56 Å². The van der Waals surface area contributed by atoms with E-state index in [4.69, 9.17) is 0 Å². The largest absolute Gasteiger partial charge is 0.332 e. The standard InChI is InChI=1S/C18H18N4O2S/c1-12-19-15-14(17(23)22(3)18(24)21(15)2)16(20-12)25-11-7-10-13-8-5-4-6-9-13/h4-10H,11H2,1-3H3. The van der Waals surface area contributed by atoms with Gasteiger partial charge in [0.15, 0.2) is 5.65 Å². The van der Waals surface area contributed by atoms with Crippen molar-refractivity contribution in [2.24, 2.45) is 14.1 Å². The van der Waals surface area contributed by atoms with Crippen LogP contribution in [-0.4, -0.2) is 24.9 Å². The smallest absolute Gasteiger partial charge is 0.280 e. The molecule has 0 atom stereocenters. The van der Waals surface area contributed by atoms with Crippen molar-refractivity contribution in [3.8, 4) is 0 Å². The number of nitrogens with zero attached hydrogens (tertiary/aromatic N) is 4. The number of fused-ring (bicyclic) bond motifs is 1. The molecule has 1 aromatic carbocycles. The van der Waals surface area contributed by atoms with Crippen LogP contribution < -0.4 is 11.2 Å². The van der Waals surface area contributed by atoms with Gasteiger partial charge in [0, 0.05) is 19.8 Å². The summed E-state index contributed by atoms with van der Waals surface area (Å²) in [5.74, 6) is 1.19. The van der Waals surface area contributed by atoms with E-state index in [1.54, 1.807) is 14.0 Å². The van der Waals surface area contributed by atoms with Crippen LogP contribution in [0.15, 0.2) is 51.0 Å². The number of rotatable bonds is 4. The third-order valence-corrected chi connectivity index (χ3v) is 4.73. The van der Waals surface area contributed by atoms with E-state index < -0.39 is 5.69 Å². The van der Waals surface area contributed by atoms with E-state index >= 15 is 0 Å². The lowest BCUT2D eigenvalue weighted by atomic mass is 10.2. The molecule has 7 heteroatoms. The van der Waals surface area contributed by atoms with Crippen LogP contribution in [0.25, 0.3) is 17.1 Å². The fourth-order valence-corrected chi connectivity index (χ4v) is 3.38. The lowest BCUT2D eigenvalue weighted by Gasteiger charge is -2.10. The first kappa shape index (κ1) is 17.2. The van der Waals surface area contributed by atoms with Crippen LogP contribution >= 0.6 is 11.8 Å². The lowest BCUT2D eigenvalue weighted by molar-refractivity contribution is 0.701. The number of benzene rings is 1. The summed E-state index contributed by atoms with van der Waals surface area (Å²) < 4.78 is 2.47. The number of aryl methyl sites for hydroxylation is 2. The highest BCUT2D eigenvalue weighted by atomic mass is 32.2. The Morgan fingerprint density at radius 2 is 1.80 bits per heavy atom. The highest BCUT2D eigenvalue weighted by Crippen LogP contribution is 2.22. The van der Waals surface area contributed by atoms with Crippen LogP contribution in [0.2, 0.25) is 0 Å². The maximum absolute atomic E-state index is 12.5. The fraction of sp³-hybridized carbons (Fsp3) is 0.222. The summed E-state index contributed by atoms with van der Waals surface area (Å²) in [7, 11) is 3.08. The minimum absolute atomic E-state index is 0.368. The van der Waals surface area contributed by atoms with E-state index in [2.05, 4.69) is 9.97 Å². The maximum Gasteiger partial charge on any atom is 0.332 e. The van der Waals surface area contributed by atoms with Gasteiger partial charge in [0.05, 0.1) is 0 Å². The van der Waals surface area contributed by atoms with E-state index in [1.165, 1.54) is 23.4 Å². The topological polar surface area (TPSA) is 69.8 Å². The molecule has 0 saturated heterocycles. The summed E-state index contributed by atoms with van der Waals surface area (Å²) in [6, 6.07) is 9.99. The van der Waals surface area contributed by atoms with Crippen LogP contribution in [0, 0.1) is 6.92 Å². The van der Waals surface area contributed by atoms with Crippen molar-refractivity contribution in [2.45, 2.75) is 11.9 Å². The lowest BCUT2D eigenvalue weighted by Crippen LogP contribution is -2.37. The summed E-state index contributed by atoms with van der Waals surface area (Å²) >= 11 is 1.45. The quantitative estimate of drug-likeness (QED) is 0.530. The van der Waals surface area contributed by atoms with Crippen molar-refractivity contribution in [3.63, 3.8) is 0 Å². The molecular formula is C18H18N4O2S. The highest BCUT2D eigenvalue weighted by Gasteiger charge is 2.15. The van der Waals surface area contributed by atoms with E-state index in [9.17, 15) is 9.59 Å². The molecule has 2 heterocycles. The van der Waals surface area contributed by atoms with E-state index in [1.807, 2.05) is 42.5 Å². The Labute approximate surface area is 148 Å². The predicted octanol–water partition coefficient (Wildman–Crippen LogP) is 2.14. The monoisotopic (exact) mass is 354 g/mol. The molecule has 6 nitrogen and oxygen atoms in total. The molecule has 0 spiro atoms. The van der Waals surface area contributed by atoms with Crippen molar-refractivity contribution >= 4 is 28.9 Å². The third-order valence-electron chi connectivity index (χ3n) is 3.80. The van der Waals surface area contributed by atoms with E-state index in [0.717, 1.165) is 10.1 Å². The second kappa shape index (κ2) is 7.06. The molecule has 3 rings (SSSR count). The number of hydrogen-bond acceptors (Lipinski definition) is 5. The zero-order chi connectivity index (χ0) is 18.0. The van der Waals surface area contributed by atoms with Gasteiger partial charge in [0.2, 0.25) is 0 Å². The Bertz CT molecular complexity index is 1070. The molecule has 0 amide bonds. The number of hydrogen-bond donors (Lipinski definition) is 0. The summed E-state index contributed by atoms with van der Waals surface area (Å²) in [5, 5.41) is 0.977. The minimum atomic E-state index is -0.393. The summed E-state index contributed by atoms with van der Waals surface area (Å²) in [5.41, 5.74) is 0.725. The van der Waals surface area contributed by atoms with Crippen molar-refractivity contribution in [2.75, 3.05) is 5.75 Å². The van der Waals surface area contributed by atoms with Crippen LogP contribution in [0.5, 0.6) is 0 Å². The molecule has 0 bridgehead atoms. The van der Waals surface area contributed by atoms with Crippen LogP contribution in [0.4, 0.5) is 0 Å². The average molecular weight is 354 g/mol. The predicted molar refractivity (Wildman–Crippen MR) is 101 cm³/mol. The first-order valence-electron chi connectivity index (χ1n) is 7.78. The highest BCUT2D eigenvalue weighted by molar-refractivity contribution is 7.99. The Morgan fingerprint density at radius 1 is 1.08 bits per heavy atom. The van der Waals surface area contributed by atoms with Gasteiger partial charge in [-0.3, -0.25) is 13.9 Å². The van der Waals surface area contributed by atoms with Crippen LogP contribution in [-0.2, 0) is 14.1 Å². The normalized spacial score (nSPS) is 11.5. The van der Waals surface area contributed by atoms with Crippen molar-refractivity contribution in [1.29, 1.82) is 0 Å². The number of aromatic nitrogens is 4. The molecule has 2 aromatic heterocycles. The SMILES string of the molecule is Cc1nc(SCC=Cc2ccccc2)c2c(=O)n(C)c(=O)n(C)c2n1. The van der Waals surface area contributed by atoms with Crippen LogP contribution in [0.3, 0.4) is 0 Å². The van der Waals surface area contributed by atoms with Crippen molar-refractivity contribution in [3.05, 3.63) is 68.6 Å². The van der Waals surface area contributed by atoms with E-state index in [0.29, 0.717) is 27.6 Å². The summed E-state index contributed by atoms with van der Waals surface area (Å²) in [6.07, 6.45) is 4.05. The van der Waals surface area contributed by atoms with Gasteiger partial charge >= 0.3 is 5.69 Å². The van der Waals surface area contributed by atoms with Gasteiger partial charge in [-0.15, -0.1) is 11.8 Å². The molecule has 3 aromatic rings. The molecule has 25 heavy (non-hydrogen) atoms. The van der Waals surface area contributed by atoms with Gasteiger partial charge in [-0.2, -0.15) is 0 Å². The summed E-state index contributed by atoms with van der Waals surface area (Å²) in [4.78, 5) is 33.3. The molecule has 0 aliphatic heterocycles. The molecule has 0 aliphatic rings. The van der Waals surface area contributed by atoms with Crippen molar-refractivity contribution in [1.82, 2.24) is 19.1 Å². The molecule has 0 N–H and O–H groups in total. The molecular weight excluding hydrogens is 336 g/mol. The maximum atomic E-state index is 12.5. The Hall–Kier alpha value is -2.67. The third kappa shape index (κ3) is 3.41. The molecule has 0 radical (unpaired) electrons. The van der Waals surface area contributed by atoms with Gasteiger partial charge < -0.3 is 0 Å². The first-order chi connectivity index (χ1) is 12.0. The summed E-state index contributed by atoms with van der Waals surface area (Å²) in [6.45, 7) is 1.76. The van der Waals surface area contributed by atoms with Gasteiger partial charge in [0.25, 0.3) is 5.56 Å². The Kier molecular flexibility index (Phi) is 4.85. The van der Waals surface area contributed by atoms with Crippen molar-refractivity contribution < 1.29 is 0 Å². The molecule has 0 fully saturated rings. The van der Waals surface area contributed by atoms with Gasteiger partial charge in [-0.25, -0.2) is 14.8 Å². The molecule has 0 aliphatic carbocycles. The Balaban J connectivity index is 1.98.